The standard InChI is InChI=1S/C22H33N2O2/c1-17(23-13-9-19(25)10-14-23)21-7-2-3-8-22(21)26-20-11-15-24(16-12-20)18-5-4-6-18/h2-3,7-8,17-20,25H,1,4-6,9-16H2. The van der Waals surface area contributed by atoms with Gasteiger partial charge in [-0.2, -0.15) is 0 Å². The van der Waals surface area contributed by atoms with Crippen molar-refractivity contribution >= 4 is 0 Å². The quantitative estimate of drug-likeness (QED) is 0.876. The highest BCUT2D eigenvalue weighted by Crippen LogP contribution is 2.33. The molecule has 4 nitrogen and oxygen atoms in total. The Morgan fingerprint density at radius 3 is 2.31 bits per heavy atom. The summed E-state index contributed by atoms with van der Waals surface area (Å²) in [6.45, 7) is 8.58. The molecule has 2 heterocycles. The third-order valence-electron chi connectivity index (χ3n) is 6.58. The molecule has 0 amide bonds. The van der Waals surface area contributed by atoms with Gasteiger partial charge in [0.25, 0.3) is 0 Å². The lowest BCUT2D eigenvalue weighted by atomic mass is 9.89. The molecule has 3 fully saturated rings. The van der Waals surface area contributed by atoms with Gasteiger partial charge in [-0.25, -0.2) is 0 Å². The second-order valence-corrected chi connectivity index (χ2v) is 8.26. The number of para-hydroxylation sites is 1. The van der Waals surface area contributed by atoms with Gasteiger partial charge in [0.2, 0.25) is 0 Å². The molecule has 4 rings (SSSR count). The average Bonchev–Trinajstić information content (AvgIpc) is 2.62. The monoisotopic (exact) mass is 357 g/mol. The summed E-state index contributed by atoms with van der Waals surface area (Å²) < 4.78 is 6.46. The third kappa shape index (κ3) is 4.08. The van der Waals surface area contributed by atoms with Gasteiger partial charge >= 0.3 is 0 Å². The smallest absolute Gasteiger partial charge is 0.124 e. The van der Waals surface area contributed by atoms with Crippen molar-refractivity contribution in [2.75, 3.05) is 26.2 Å². The van der Waals surface area contributed by atoms with Crippen molar-refractivity contribution in [1.29, 1.82) is 0 Å². The number of ether oxygens (including phenoxy) is 1. The van der Waals surface area contributed by atoms with E-state index in [1.165, 1.54) is 37.9 Å². The molecular formula is C22H33N2O2. The van der Waals surface area contributed by atoms with Crippen LogP contribution in [0.3, 0.4) is 0 Å². The maximum Gasteiger partial charge on any atom is 0.124 e. The van der Waals surface area contributed by atoms with Gasteiger partial charge in [0.05, 0.1) is 6.10 Å². The SMILES string of the molecule is [CH2]C(c1ccccc1OC1CCN(C2CCC2)CC1)N1CCC(O)CC1. The van der Waals surface area contributed by atoms with Crippen molar-refractivity contribution in [2.24, 2.45) is 0 Å². The van der Waals surface area contributed by atoms with Crippen molar-refractivity contribution in [2.45, 2.75) is 69.2 Å². The Balaban J connectivity index is 1.36. The number of hydrogen-bond donors (Lipinski definition) is 1. The van der Waals surface area contributed by atoms with Gasteiger partial charge in [-0.15, -0.1) is 0 Å². The van der Waals surface area contributed by atoms with Crippen molar-refractivity contribution < 1.29 is 9.84 Å². The highest BCUT2D eigenvalue weighted by atomic mass is 16.5. The molecule has 1 aliphatic carbocycles. The zero-order chi connectivity index (χ0) is 17.9. The van der Waals surface area contributed by atoms with Crippen LogP contribution in [0.4, 0.5) is 0 Å². The first-order valence-corrected chi connectivity index (χ1v) is 10.5. The summed E-state index contributed by atoms with van der Waals surface area (Å²) in [5, 5.41) is 9.76. The highest BCUT2D eigenvalue weighted by Gasteiger charge is 2.30. The topological polar surface area (TPSA) is 35.9 Å². The van der Waals surface area contributed by atoms with E-state index in [9.17, 15) is 5.11 Å². The van der Waals surface area contributed by atoms with E-state index < -0.39 is 0 Å². The maximum absolute atomic E-state index is 9.76. The molecule has 143 valence electrons. The normalized spacial score (nSPS) is 25.8. The molecular weight excluding hydrogens is 324 g/mol. The van der Waals surface area contributed by atoms with Crippen LogP contribution in [0.1, 0.15) is 56.6 Å². The van der Waals surface area contributed by atoms with E-state index in [2.05, 4.69) is 41.0 Å². The number of hydrogen-bond acceptors (Lipinski definition) is 4. The molecule has 4 heteroatoms. The van der Waals surface area contributed by atoms with Gasteiger partial charge in [0.1, 0.15) is 11.9 Å². The Bertz CT molecular complexity index is 573. The number of rotatable bonds is 5. The molecule has 2 aliphatic heterocycles. The summed E-state index contributed by atoms with van der Waals surface area (Å²) in [6.07, 6.45) is 8.31. The second-order valence-electron chi connectivity index (χ2n) is 8.26. The molecule has 1 saturated carbocycles. The van der Waals surface area contributed by atoms with E-state index in [0.29, 0.717) is 6.10 Å². The minimum atomic E-state index is -0.147. The van der Waals surface area contributed by atoms with Gasteiger partial charge in [-0.05, 0) is 51.5 Å². The molecule has 1 aromatic carbocycles. The summed E-state index contributed by atoms with van der Waals surface area (Å²) in [4.78, 5) is 5.03. The Hall–Kier alpha value is -1.10. The van der Waals surface area contributed by atoms with Crippen molar-refractivity contribution in [3.8, 4) is 5.75 Å². The molecule has 1 aromatic rings. The van der Waals surface area contributed by atoms with E-state index in [1.807, 2.05) is 0 Å². The van der Waals surface area contributed by atoms with Crippen LogP contribution in [0, 0.1) is 6.92 Å². The summed E-state index contributed by atoms with van der Waals surface area (Å²) >= 11 is 0. The fourth-order valence-corrected chi connectivity index (χ4v) is 4.55. The summed E-state index contributed by atoms with van der Waals surface area (Å²) in [7, 11) is 0. The van der Waals surface area contributed by atoms with Crippen LogP contribution >= 0.6 is 0 Å². The second kappa shape index (κ2) is 8.28. The Morgan fingerprint density at radius 1 is 0.962 bits per heavy atom. The summed E-state index contributed by atoms with van der Waals surface area (Å²) in [5.74, 6) is 1.00. The number of nitrogens with zero attached hydrogens (tertiary/aromatic N) is 2. The van der Waals surface area contributed by atoms with E-state index in [0.717, 1.165) is 50.6 Å². The van der Waals surface area contributed by atoms with Crippen molar-refractivity contribution in [1.82, 2.24) is 9.80 Å². The summed E-state index contributed by atoms with van der Waals surface area (Å²) in [5.41, 5.74) is 1.19. The fraction of sp³-hybridized carbons (Fsp3) is 0.682. The Kier molecular flexibility index (Phi) is 5.82. The lowest BCUT2D eigenvalue weighted by Gasteiger charge is -2.42. The minimum absolute atomic E-state index is 0.0914. The van der Waals surface area contributed by atoms with E-state index >= 15 is 0 Å². The number of aliphatic hydroxyl groups excluding tert-OH is 1. The zero-order valence-corrected chi connectivity index (χ0v) is 15.9. The van der Waals surface area contributed by atoms with Crippen molar-refractivity contribution in [3.05, 3.63) is 36.8 Å². The Labute approximate surface area is 158 Å². The van der Waals surface area contributed by atoms with Gasteiger partial charge in [0.15, 0.2) is 0 Å². The first kappa shape index (κ1) is 18.3. The third-order valence-corrected chi connectivity index (χ3v) is 6.58. The van der Waals surface area contributed by atoms with Gasteiger partial charge in [-0.3, -0.25) is 4.90 Å². The molecule has 0 aromatic heterocycles. The van der Waals surface area contributed by atoms with Crippen LogP contribution in [0.15, 0.2) is 24.3 Å². The zero-order valence-electron chi connectivity index (χ0n) is 15.9. The number of aliphatic hydroxyl groups is 1. The van der Waals surface area contributed by atoms with E-state index in [-0.39, 0.29) is 12.1 Å². The van der Waals surface area contributed by atoms with E-state index in [1.54, 1.807) is 0 Å². The van der Waals surface area contributed by atoms with Crippen LogP contribution in [0.5, 0.6) is 5.75 Å². The largest absolute Gasteiger partial charge is 0.490 e. The molecule has 26 heavy (non-hydrogen) atoms. The molecule has 0 spiro atoms. The van der Waals surface area contributed by atoms with Crippen LogP contribution in [0.2, 0.25) is 0 Å². The lowest BCUT2D eigenvalue weighted by molar-refractivity contribution is 0.0469. The maximum atomic E-state index is 9.76. The first-order valence-electron chi connectivity index (χ1n) is 10.5. The molecule has 3 aliphatic rings. The van der Waals surface area contributed by atoms with Crippen LogP contribution in [0.25, 0.3) is 0 Å². The van der Waals surface area contributed by atoms with Gasteiger partial charge in [-0.1, -0.05) is 24.6 Å². The predicted molar refractivity (Wildman–Crippen MR) is 104 cm³/mol. The molecule has 1 N–H and O–H groups in total. The number of likely N-dealkylation sites (tertiary alicyclic amines) is 2. The van der Waals surface area contributed by atoms with Gasteiger partial charge in [0, 0.05) is 43.8 Å². The number of benzene rings is 1. The van der Waals surface area contributed by atoms with Crippen molar-refractivity contribution in [3.63, 3.8) is 0 Å². The molecule has 1 unspecified atom stereocenters. The predicted octanol–water partition coefficient (Wildman–Crippen LogP) is 3.41. The molecule has 1 radical (unpaired) electrons. The first-order chi connectivity index (χ1) is 12.7. The van der Waals surface area contributed by atoms with Crippen LogP contribution in [-0.2, 0) is 0 Å². The van der Waals surface area contributed by atoms with Crippen LogP contribution in [-0.4, -0.2) is 59.3 Å². The van der Waals surface area contributed by atoms with Gasteiger partial charge < -0.3 is 14.7 Å². The molecule has 2 saturated heterocycles. The average molecular weight is 358 g/mol. The van der Waals surface area contributed by atoms with Crippen LogP contribution < -0.4 is 4.74 Å². The summed E-state index contributed by atoms with van der Waals surface area (Å²) in [6, 6.07) is 9.34. The fourth-order valence-electron chi connectivity index (χ4n) is 4.55. The molecule has 1 atom stereocenters. The van der Waals surface area contributed by atoms with E-state index in [4.69, 9.17) is 4.74 Å². The molecule has 0 bridgehead atoms. The Morgan fingerprint density at radius 2 is 1.65 bits per heavy atom. The lowest BCUT2D eigenvalue weighted by Crippen LogP contribution is -2.46. The minimum Gasteiger partial charge on any atom is -0.490 e. The number of piperidine rings is 2. The highest BCUT2D eigenvalue weighted by molar-refractivity contribution is 5.37.